The van der Waals surface area contributed by atoms with Crippen LogP contribution in [0.1, 0.15) is 27.0 Å². The summed E-state index contributed by atoms with van der Waals surface area (Å²) in [6, 6.07) is 25.3. The molecule has 0 spiro atoms. The Morgan fingerprint density at radius 2 is 1.43 bits per heavy atom. The van der Waals surface area contributed by atoms with E-state index in [1.807, 2.05) is 78.9 Å². The van der Waals surface area contributed by atoms with Crippen molar-refractivity contribution in [3.05, 3.63) is 107 Å². The summed E-state index contributed by atoms with van der Waals surface area (Å²) < 4.78 is 0. The maximum Gasteiger partial charge on any atom is 0.327 e. The van der Waals surface area contributed by atoms with Crippen molar-refractivity contribution >= 4 is 23.6 Å². The van der Waals surface area contributed by atoms with Crippen LogP contribution >= 0.6 is 0 Å². The molecule has 4 heteroatoms. The minimum atomic E-state index is -1.02. The van der Waals surface area contributed by atoms with Crippen LogP contribution < -0.4 is 0 Å². The van der Waals surface area contributed by atoms with Gasteiger partial charge in [-0.25, -0.2) is 4.79 Å². The van der Waals surface area contributed by atoms with E-state index >= 15 is 0 Å². The predicted molar refractivity (Wildman–Crippen MR) is 108 cm³/mol. The van der Waals surface area contributed by atoms with Crippen molar-refractivity contribution in [2.75, 3.05) is 0 Å². The summed E-state index contributed by atoms with van der Waals surface area (Å²) in [5.41, 5.74) is 3.70. The van der Waals surface area contributed by atoms with Crippen LogP contribution in [0, 0.1) is 0 Å². The third kappa shape index (κ3) is 3.32. The lowest BCUT2D eigenvalue weighted by atomic mass is 10.0. The molecule has 3 aromatic carbocycles. The van der Waals surface area contributed by atoms with E-state index in [4.69, 9.17) is 0 Å². The Kier molecular flexibility index (Phi) is 4.77. The second-order valence-electron chi connectivity index (χ2n) is 6.70. The van der Waals surface area contributed by atoms with Gasteiger partial charge in [0.2, 0.25) is 0 Å². The van der Waals surface area contributed by atoms with Gasteiger partial charge in [0.25, 0.3) is 5.91 Å². The molecule has 4 nitrogen and oxygen atoms in total. The van der Waals surface area contributed by atoms with Gasteiger partial charge < -0.3 is 5.11 Å². The highest BCUT2D eigenvalue weighted by molar-refractivity contribution is 6.13. The first-order valence-corrected chi connectivity index (χ1v) is 9.11. The summed E-state index contributed by atoms with van der Waals surface area (Å²) in [6.45, 7) is 0. The van der Waals surface area contributed by atoms with E-state index in [1.165, 1.54) is 4.90 Å². The maximum atomic E-state index is 13.2. The lowest BCUT2D eigenvalue weighted by Gasteiger charge is -2.26. The number of aliphatic carboxylic acids is 1. The molecule has 1 heterocycles. The van der Waals surface area contributed by atoms with E-state index in [0.29, 0.717) is 11.3 Å². The second-order valence-corrected chi connectivity index (χ2v) is 6.70. The van der Waals surface area contributed by atoms with Crippen molar-refractivity contribution < 1.29 is 14.7 Å². The molecular formula is C24H19NO3. The molecule has 1 N–H and O–H groups in total. The van der Waals surface area contributed by atoms with Gasteiger partial charge in [0, 0.05) is 17.5 Å². The standard InChI is InChI=1S/C24H19NO3/c26-23-20-14-8-7-13-19(20)21(15-17-9-3-1-4-10-17)25(23)22(24(27)28)16-18-11-5-2-6-12-18/h1-15,22H,16H2,(H,27,28)/b21-15+. The normalized spacial score (nSPS) is 15.5. The number of fused-ring (bicyclic) bond motifs is 1. The Morgan fingerprint density at radius 3 is 2.07 bits per heavy atom. The number of hydrogen-bond donors (Lipinski definition) is 1. The zero-order chi connectivity index (χ0) is 19.5. The molecule has 0 saturated heterocycles. The van der Waals surface area contributed by atoms with Crippen LogP contribution in [0.2, 0.25) is 0 Å². The fourth-order valence-corrected chi connectivity index (χ4v) is 3.55. The van der Waals surface area contributed by atoms with Gasteiger partial charge in [-0.15, -0.1) is 0 Å². The summed E-state index contributed by atoms with van der Waals surface area (Å²) in [6.07, 6.45) is 2.12. The van der Waals surface area contributed by atoms with E-state index in [-0.39, 0.29) is 12.3 Å². The predicted octanol–water partition coefficient (Wildman–Crippen LogP) is 4.34. The summed E-state index contributed by atoms with van der Waals surface area (Å²) >= 11 is 0. The van der Waals surface area contributed by atoms with Gasteiger partial charge in [-0.1, -0.05) is 78.9 Å². The van der Waals surface area contributed by atoms with Crippen LogP contribution in [0.3, 0.4) is 0 Å². The number of carboxylic acids is 1. The zero-order valence-corrected chi connectivity index (χ0v) is 15.2. The third-order valence-electron chi connectivity index (χ3n) is 4.88. The molecule has 3 aromatic rings. The number of rotatable bonds is 5. The first kappa shape index (κ1) is 17.7. The zero-order valence-electron chi connectivity index (χ0n) is 15.2. The minimum Gasteiger partial charge on any atom is -0.480 e. The average Bonchev–Trinajstić information content (AvgIpc) is 2.99. The molecule has 1 aliphatic rings. The summed E-state index contributed by atoms with van der Waals surface area (Å²) in [5, 5.41) is 9.95. The highest BCUT2D eigenvalue weighted by atomic mass is 16.4. The van der Waals surface area contributed by atoms with E-state index in [0.717, 1.165) is 16.7 Å². The Balaban J connectivity index is 1.81. The molecule has 0 aromatic heterocycles. The third-order valence-corrected chi connectivity index (χ3v) is 4.88. The fourth-order valence-electron chi connectivity index (χ4n) is 3.55. The van der Waals surface area contributed by atoms with Gasteiger partial charge in [0.15, 0.2) is 0 Å². The van der Waals surface area contributed by atoms with Crippen LogP contribution in [-0.2, 0) is 11.2 Å². The average molecular weight is 369 g/mol. The summed E-state index contributed by atoms with van der Waals surface area (Å²) in [7, 11) is 0. The molecule has 1 unspecified atom stereocenters. The van der Waals surface area contributed by atoms with E-state index in [1.54, 1.807) is 12.1 Å². The summed E-state index contributed by atoms with van der Waals surface area (Å²) in [5.74, 6) is -1.30. The number of benzene rings is 3. The van der Waals surface area contributed by atoms with Crippen molar-refractivity contribution in [1.82, 2.24) is 4.90 Å². The Labute approximate surface area is 163 Å². The molecule has 1 atom stereocenters. The molecule has 0 radical (unpaired) electrons. The largest absolute Gasteiger partial charge is 0.480 e. The van der Waals surface area contributed by atoms with Crippen molar-refractivity contribution in [3.63, 3.8) is 0 Å². The molecule has 1 aliphatic heterocycles. The number of amides is 1. The van der Waals surface area contributed by atoms with Crippen LogP contribution in [0.25, 0.3) is 11.8 Å². The number of carbonyl (C=O) groups is 2. The second kappa shape index (κ2) is 7.53. The molecule has 0 fully saturated rings. The van der Waals surface area contributed by atoms with Crippen LogP contribution in [0.5, 0.6) is 0 Å². The first-order valence-electron chi connectivity index (χ1n) is 9.11. The Hall–Kier alpha value is -3.66. The monoisotopic (exact) mass is 369 g/mol. The van der Waals surface area contributed by atoms with Gasteiger partial charge in [-0.2, -0.15) is 0 Å². The molecule has 28 heavy (non-hydrogen) atoms. The molecule has 4 rings (SSSR count). The number of carboxylic acid groups (broad SMARTS) is 1. The van der Waals surface area contributed by atoms with Gasteiger partial charge in [0.1, 0.15) is 6.04 Å². The molecular weight excluding hydrogens is 350 g/mol. The van der Waals surface area contributed by atoms with Crippen LogP contribution in [0.4, 0.5) is 0 Å². The molecule has 0 saturated carbocycles. The Morgan fingerprint density at radius 1 is 0.857 bits per heavy atom. The number of carbonyl (C=O) groups excluding carboxylic acids is 1. The van der Waals surface area contributed by atoms with Crippen molar-refractivity contribution in [2.45, 2.75) is 12.5 Å². The lowest BCUT2D eigenvalue weighted by molar-refractivity contribution is -0.141. The molecule has 138 valence electrons. The number of hydrogen-bond acceptors (Lipinski definition) is 2. The topological polar surface area (TPSA) is 57.6 Å². The van der Waals surface area contributed by atoms with Gasteiger partial charge in [-0.3, -0.25) is 9.69 Å². The van der Waals surface area contributed by atoms with Crippen molar-refractivity contribution in [2.24, 2.45) is 0 Å². The van der Waals surface area contributed by atoms with Crippen LogP contribution in [0.15, 0.2) is 84.9 Å². The first-order chi connectivity index (χ1) is 13.6. The summed E-state index contributed by atoms with van der Waals surface area (Å²) in [4.78, 5) is 26.7. The SMILES string of the molecule is O=C(O)C(Cc1ccccc1)N1C(=O)c2ccccc2/C1=C\c1ccccc1. The highest BCUT2D eigenvalue weighted by Gasteiger charge is 2.40. The van der Waals surface area contributed by atoms with Gasteiger partial charge in [0.05, 0.1) is 5.70 Å². The molecule has 0 aliphatic carbocycles. The van der Waals surface area contributed by atoms with Crippen molar-refractivity contribution in [3.8, 4) is 0 Å². The van der Waals surface area contributed by atoms with E-state index < -0.39 is 12.0 Å². The minimum absolute atomic E-state index is 0.238. The Bertz CT molecular complexity index is 1040. The molecule has 0 bridgehead atoms. The van der Waals surface area contributed by atoms with Crippen LogP contribution in [-0.4, -0.2) is 27.9 Å². The van der Waals surface area contributed by atoms with Crippen molar-refractivity contribution in [1.29, 1.82) is 0 Å². The van der Waals surface area contributed by atoms with E-state index in [2.05, 4.69) is 0 Å². The quantitative estimate of drug-likeness (QED) is 0.728. The smallest absolute Gasteiger partial charge is 0.327 e. The van der Waals surface area contributed by atoms with Gasteiger partial charge >= 0.3 is 5.97 Å². The number of nitrogens with zero attached hydrogens (tertiary/aromatic N) is 1. The highest BCUT2D eigenvalue weighted by Crippen LogP contribution is 2.36. The maximum absolute atomic E-state index is 13.2. The van der Waals surface area contributed by atoms with Gasteiger partial charge in [-0.05, 0) is 23.3 Å². The molecule has 1 amide bonds. The lowest BCUT2D eigenvalue weighted by Crippen LogP contribution is -2.42. The van der Waals surface area contributed by atoms with E-state index in [9.17, 15) is 14.7 Å². The fraction of sp³-hybridized carbons (Fsp3) is 0.0833.